The third kappa shape index (κ3) is 1.64. The fraction of sp³-hybridized carbons (Fsp3) is 0.900. The van der Waals surface area contributed by atoms with Crippen LogP contribution >= 0.6 is 0 Å². The van der Waals surface area contributed by atoms with E-state index < -0.39 is 5.54 Å². The number of carbonyl (C=O) groups is 1. The van der Waals surface area contributed by atoms with Crippen LogP contribution < -0.4 is 5.73 Å². The Hall–Kier alpha value is -0.610. The standard InChI is InChI=1S/C10H19N3O/c1-12-5-7-13(8-6-12)9(14)10(11)3-2-4-10/h2-8,11H2,1H3. The van der Waals surface area contributed by atoms with Gasteiger partial charge in [-0.1, -0.05) is 0 Å². The van der Waals surface area contributed by atoms with Crippen molar-refractivity contribution in [3.05, 3.63) is 0 Å². The lowest BCUT2D eigenvalue weighted by atomic mass is 9.76. The first kappa shape index (κ1) is 9.93. The van der Waals surface area contributed by atoms with Gasteiger partial charge in [0.15, 0.2) is 0 Å². The van der Waals surface area contributed by atoms with Crippen LogP contribution in [0.2, 0.25) is 0 Å². The number of nitrogens with two attached hydrogens (primary N) is 1. The summed E-state index contributed by atoms with van der Waals surface area (Å²) in [6, 6.07) is 0. The summed E-state index contributed by atoms with van der Waals surface area (Å²) in [4.78, 5) is 16.2. The molecular weight excluding hydrogens is 178 g/mol. The molecular formula is C10H19N3O. The molecule has 2 aliphatic rings. The van der Waals surface area contributed by atoms with Gasteiger partial charge in [0, 0.05) is 26.2 Å². The lowest BCUT2D eigenvalue weighted by molar-refractivity contribution is -0.141. The monoisotopic (exact) mass is 197 g/mol. The van der Waals surface area contributed by atoms with E-state index >= 15 is 0 Å². The lowest BCUT2D eigenvalue weighted by Gasteiger charge is -2.42. The van der Waals surface area contributed by atoms with Crippen molar-refractivity contribution in [1.29, 1.82) is 0 Å². The zero-order chi connectivity index (χ0) is 10.2. The Morgan fingerprint density at radius 1 is 1.21 bits per heavy atom. The van der Waals surface area contributed by atoms with Crippen LogP contribution in [0.1, 0.15) is 19.3 Å². The molecule has 0 aromatic carbocycles. The van der Waals surface area contributed by atoms with Crippen molar-refractivity contribution < 1.29 is 4.79 Å². The van der Waals surface area contributed by atoms with Gasteiger partial charge < -0.3 is 15.5 Å². The van der Waals surface area contributed by atoms with Gasteiger partial charge >= 0.3 is 0 Å². The third-order valence-corrected chi connectivity index (χ3v) is 3.46. The summed E-state index contributed by atoms with van der Waals surface area (Å²) in [7, 11) is 2.09. The molecule has 1 aliphatic heterocycles. The first-order valence-corrected chi connectivity index (χ1v) is 5.39. The van der Waals surface area contributed by atoms with E-state index in [0.717, 1.165) is 45.4 Å². The maximum atomic E-state index is 12.0. The van der Waals surface area contributed by atoms with Crippen molar-refractivity contribution in [2.24, 2.45) is 5.73 Å². The number of rotatable bonds is 1. The normalized spacial score (nSPS) is 27.1. The van der Waals surface area contributed by atoms with Gasteiger partial charge in [-0.2, -0.15) is 0 Å². The van der Waals surface area contributed by atoms with Gasteiger partial charge in [-0.05, 0) is 26.3 Å². The molecule has 1 saturated heterocycles. The highest BCUT2D eigenvalue weighted by atomic mass is 16.2. The Kier molecular flexibility index (Phi) is 2.49. The van der Waals surface area contributed by atoms with E-state index in [-0.39, 0.29) is 5.91 Å². The van der Waals surface area contributed by atoms with Gasteiger partial charge in [-0.15, -0.1) is 0 Å². The van der Waals surface area contributed by atoms with Crippen molar-refractivity contribution >= 4 is 5.91 Å². The Bertz CT molecular complexity index is 230. The van der Waals surface area contributed by atoms with Gasteiger partial charge in [-0.25, -0.2) is 0 Å². The number of nitrogens with zero attached hydrogens (tertiary/aromatic N) is 2. The second-order valence-corrected chi connectivity index (χ2v) is 4.61. The molecule has 4 heteroatoms. The molecule has 1 saturated carbocycles. The quantitative estimate of drug-likeness (QED) is 0.624. The third-order valence-electron chi connectivity index (χ3n) is 3.46. The molecule has 0 unspecified atom stereocenters. The Labute approximate surface area is 85.0 Å². The van der Waals surface area contributed by atoms with Crippen LogP contribution in [0.15, 0.2) is 0 Å². The zero-order valence-corrected chi connectivity index (χ0v) is 8.83. The summed E-state index contributed by atoms with van der Waals surface area (Å²) >= 11 is 0. The molecule has 0 aromatic rings. The number of hydrogen-bond acceptors (Lipinski definition) is 3. The molecule has 4 nitrogen and oxygen atoms in total. The van der Waals surface area contributed by atoms with E-state index in [1.54, 1.807) is 0 Å². The molecule has 2 fully saturated rings. The molecule has 0 aromatic heterocycles. The van der Waals surface area contributed by atoms with Crippen molar-refractivity contribution in [2.45, 2.75) is 24.8 Å². The minimum absolute atomic E-state index is 0.178. The van der Waals surface area contributed by atoms with Crippen molar-refractivity contribution in [3.63, 3.8) is 0 Å². The molecule has 2 N–H and O–H groups in total. The molecule has 0 atom stereocenters. The number of amides is 1. The molecule has 14 heavy (non-hydrogen) atoms. The fourth-order valence-electron chi connectivity index (χ4n) is 2.10. The zero-order valence-electron chi connectivity index (χ0n) is 8.83. The van der Waals surface area contributed by atoms with E-state index in [0.29, 0.717) is 0 Å². The molecule has 2 rings (SSSR count). The summed E-state index contributed by atoms with van der Waals surface area (Å²) in [6.07, 6.45) is 2.85. The van der Waals surface area contributed by atoms with Gasteiger partial charge in [0.25, 0.3) is 0 Å². The minimum atomic E-state index is -0.504. The molecule has 80 valence electrons. The van der Waals surface area contributed by atoms with Crippen LogP contribution in [-0.2, 0) is 4.79 Å². The summed E-state index contributed by atoms with van der Waals surface area (Å²) in [6.45, 7) is 3.63. The molecule has 1 amide bonds. The second kappa shape index (κ2) is 3.51. The predicted molar refractivity (Wildman–Crippen MR) is 54.8 cm³/mol. The highest BCUT2D eigenvalue weighted by Gasteiger charge is 2.42. The van der Waals surface area contributed by atoms with Crippen molar-refractivity contribution in [2.75, 3.05) is 33.2 Å². The van der Waals surface area contributed by atoms with Gasteiger partial charge in [0.2, 0.25) is 5.91 Å². The van der Waals surface area contributed by atoms with E-state index in [1.165, 1.54) is 0 Å². The molecule has 0 spiro atoms. The summed E-state index contributed by atoms with van der Waals surface area (Å²) in [5.41, 5.74) is 5.50. The largest absolute Gasteiger partial charge is 0.339 e. The minimum Gasteiger partial charge on any atom is -0.339 e. The van der Waals surface area contributed by atoms with E-state index in [9.17, 15) is 4.79 Å². The smallest absolute Gasteiger partial charge is 0.242 e. The van der Waals surface area contributed by atoms with Crippen LogP contribution in [0.4, 0.5) is 0 Å². The Balaban J connectivity index is 1.92. The molecule has 0 bridgehead atoms. The van der Waals surface area contributed by atoms with Crippen LogP contribution in [-0.4, -0.2) is 54.5 Å². The topological polar surface area (TPSA) is 49.6 Å². The first-order valence-electron chi connectivity index (χ1n) is 5.39. The fourth-order valence-corrected chi connectivity index (χ4v) is 2.10. The maximum Gasteiger partial charge on any atom is 0.242 e. The molecule has 0 radical (unpaired) electrons. The van der Waals surface area contributed by atoms with Crippen LogP contribution in [0.5, 0.6) is 0 Å². The SMILES string of the molecule is CN1CCN(C(=O)C2(N)CCC2)CC1. The van der Waals surface area contributed by atoms with Crippen molar-refractivity contribution in [3.8, 4) is 0 Å². The predicted octanol–water partition coefficient (Wildman–Crippen LogP) is -0.358. The molecule has 1 aliphatic carbocycles. The Morgan fingerprint density at radius 3 is 2.21 bits per heavy atom. The first-order chi connectivity index (χ1) is 6.62. The van der Waals surface area contributed by atoms with E-state index in [1.807, 2.05) is 4.90 Å². The van der Waals surface area contributed by atoms with Gasteiger partial charge in [-0.3, -0.25) is 4.79 Å². The average molecular weight is 197 g/mol. The summed E-state index contributed by atoms with van der Waals surface area (Å²) < 4.78 is 0. The van der Waals surface area contributed by atoms with E-state index in [4.69, 9.17) is 5.73 Å². The van der Waals surface area contributed by atoms with Crippen LogP contribution in [0.25, 0.3) is 0 Å². The van der Waals surface area contributed by atoms with E-state index in [2.05, 4.69) is 11.9 Å². The second-order valence-electron chi connectivity index (χ2n) is 4.61. The van der Waals surface area contributed by atoms with Crippen LogP contribution in [0.3, 0.4) is 0 Å². The summed E-state index contributed by atoms with van der Waals surface area (Å²) in [5, 5.41) is 0. The van der Waals surface area contributed by atoms with Crippen LogP contribution in [0, 0.1) is 0 Å². The highest BCUT2D eigenvalue weighted by molar-refractivity contribution is 5.87. The number of carbonyl (C=O) groups excluding carboxylic acids is 1. The Morgan fingerprint density at radius 2 is 1.79 bits per heavy atom. The number of hydrogen-bond donors (Lipinski definition) is 1. The highest BCUT2D eigenvalue weighted by Crippen LogP contribution is 2.31. The van der Waals surface area contributed by atoms with Crippen molar-refractivity contribution in [1.82, 2.24) is 9.80 Å². The number of piperazine rings is 1. The number of likely N-dealkylation sites (N-methyl/N-ethyl adjacent to an activating group) is 1. The maximum absolute atomic E-state index is 12.0. The summed E-state index contributed by atoms with van der Waals surface area (Å²) in [5.74, 6) is 0.178. The van der Waals surface area contributed by atoms with Gasteiger partial charge in [0.1, 0.15) is 0 Å². The lowest BCUT2D eigenvalue weighted by Crippen LogP contribution is -2.62. The average Bonchev–Trinajstić information content (AvgIpc) is 2.14. The van der Waals surface area contributed by atoms with Gasteiger partial charge in [0.05, 0.1) is 5.54 Å². The molecule has 1 heterocycles.